The largest absolute Gasteiger partial charge is 0.348 e. The molecule has 2 heterocycles. The fourth-order valence-electron chi connectivity index (χ4n) is 3.39. The standard InChI is InChI=1S/C25H20N6O3/c1-16(32)30-22-15-29-31(25(22)34)23-9-8-21(14-27-23)24(33)28-13-18-5-3-7-20(11-18)19-6-2-4-17(10-19)12-26/h2-11,14-15,29H,13H2,1H3,(H,28,33)(H,30,32). The van der Waals surface area contributed by atoms with Gasteiger partial charge in [0.15, 0.2) is 5.82 Å². The summed E-state index contributed by atoms with van der Waals surface area (Å²) in [6.45, 7) is 1.62. The zero-order valence-corrected chi connectivity index (χ0v) is 18.2. The van der Waals surface area contributed by atoms with Crippen LogP contribution in [0.25, 0.3) is 16.9 Å². The highest BCUT2D eigenvalue weighted by Gasteiger charge is 2.12. The van der Waals surface area contributed by atoms with Crippen molar-refractivity contribution in [2.75, 3.05) is 5.32 Å². The number of rotatable bonds is 6. The van der Waals surface area contributed by atoms with Crippen LogP contribution in [0.3, 0.4) is 0 Å². The number of hydrogen-bond donors (Lipinski definition) is 3. The number of anilines is 1. The molecule has 0 aliphatic heterocycles. The van der Waals surface area contributed by atoms with E-state index in [2.05, 4.69) is 26.8 Å². The van der Waals surface area contributed by atoms with Crippen molar-refractivity contribution in [2.24, 2.45) is 0 Å². The summed E-state index contributed by atoms with van der Waals surface area (Å²) in [6.07, 6.45) is 2.75. The highest BCUT2D eigenvalue weighted by atomic mass is 16.2. The van der Waals surface area contributed by atoms with Gasteiger partial charge in [0.25, 0.3) is 11.5 Å². The average molecular weight is 452 g/mol. The van der Waals surface area contributed by atoms with E-state index < -0.39 is 5.56 Å². The third kappa shape index (κ3) is 4.92. The maximum Gasteiger partial charge on any atom is 0.296 e. The van der Waals surface area contributed by atoms with Gasteiger partial charge in [-0.2, -0.15) is 9.94 Å². The zero-order valence-electron chi connectivity index (χ0n) is 18.2. The van der Waals surface area contributed by atoms with E-state index in [4.69, 9.17) is 5.26 Å². The van der Waals surface area contributed by atoms with Crippen LogP contribution in [0.4, 0.5) is 5.69 Å². The summed E-state index contributed by atoms with van der Waals surface area (Å²) in [5.41, 5.74) is 3.35. The number of nitriles is 1. The minimum atomic E-state index is -0.458. The Kier molecular flexibility index (Phi) is 6.32. The summed E-state index contributed by atoms with van der Waals surface area (Å²) >= 11 is 0. The molecule has 0 bridgehead atoms. The quantitative estimate of drug-likeness (QED) is 0.414. The van der Waals surface area contributed by atoms with Crippen LogP contribution >= 0.6 is 0 Å². The van der Waals surface area contributed by atoms with Gasteiger partial charge in [-0.3, -0.25) is 19.5 Å². The molecule has 2 aromatic heterocycles. The number of aromatic nitrogens is 3. The highest BCUT2D eigenvalue weighted by molar-refractivity contribution is 5.94. The molecule has 0 saturated carbocycles. The SMILES string of the molecule is CC(=O)Nc1c[nH]n(-c2ccc(C(=O)NCc3cccc(-c4cccc(C#N)c4)c3)cn2)c1=O. The minimum Gasteiger partial charge on any atom is -0.348 e. The number of nitrogens with zero attached hydrogens (tertiary/aromatic N) is 3. The molecule has 2 amide bonds. The van der Waals surface area contributed by atoms with Crippen molar-refractivity contribution >= 4 is 17.5 Å². The van der Waals surface area contributed by atoms with E-state index in [1.807, 2.05) is 42.5 Å². The molecule has 0 atom stereocenters. The molecule has 0 unspecified atom stereocenters. The predicted octanol–water partition coefficient (Wildman–Crippen LogP) is 2.99. The molecule has 0 fully saturated rings. The molecular weight excluding hydrogens is 432 g/mol. The van der Waals surface area contributed by atoms with Crippen LogP contribution in [-0.2, 0) is 11.3 Å². The van der Waals surface area contributed by atoms with Crippen LogP contribution in [0.1, 0.15) is 28.4 Å². The lowest BCUT2D eigenvalue weighted by Crippen LogP contribution is -2.23. The molecule has 0 aliphatic carbocycles. The summed E-state index contributed by atoms with van der Waals surface area (Å²) in [4.78, 5) is 40.3. The highest BCUT2D eigenvalue weighted by Crippen LogP contribution is 2.21. The van der Waals surface area contributed by atoms with Gasteiger partial charge in [-0.1, -0.05) is 30.3 Å². The lowest BCUT2D eigenvalue weighted by Gasteiger charge is -2.08. The van der Waals surface area contributed by atoms with Crippen LogP contribution in [0, 0.1) is 11.3 Å². The summed E-state index contributed by atoms with van der Waals surface area (Å²) in [7, 11) is 0. The number of pyridine rings is 1. The van der Waals surface area contributed by atoms with Gasteiger partial charge in [0, 0.05) is 25.9 Å². The van der Waals surface area contributed by atoms with Crippen molar-refractivity contribution < 1.29 is 9.59 Å². The Balaban J connectivity index is 1.43. The predicted molar refractivity (Wildman–Crippen MR) is 126 cm³/mol. The van der Waals surface area contributed by atoms with Crippen molar-refractivity contribution in [1.82, 2.24) is 20.1 Å². The fraction of sp³-hybridized carbons (Fsp3) is 0.0800. The molecule has 2 aromatic carbocycles. The maximum atomic E-state index is 12.6. The monoisotopic (exact) mass is 452 g/mol. The van der Waals surface area contributed by atoms with E-state index in [1.54, 1.807) is 12.1 Å². The Morgan fingerprint density at radius 3 is 2.56 bits per heavy atom. The number of carbonyl (C=O) groups excluding carboxylic acids is 2. The molecule has 9 heteroatoms. The van der Waals surface area contributed by atoms with E-state index in [9.17, 15) is 14.4 Å². The number of nitrogens with one attached hydrogen (secondary N) is 3. The van der Waals surface area contributed by atoms with E-state index >= 15 is 0 Å². The average Bonchev–Trinajstić information content (AvgIpc) is 3.22. The Morgan fingerprint density at radius 2 is 1.85 bits per heavy atom. The molecule has 0 spiro atoms. The smallest absolute Gasteiger partial charge is 0.296 e. The van der Waals surface area contributed by atoms with Crippen LogP contribution in [0.15, 0.2) is 77.9 Å². The lowest BCUT2D eigenvalue weighted by atomic mass is 10.0. The molecular formula is C25H20N6O3. The molecule has 3 N–H and O–H groups in total. The van der Waals surface area contributed by atoms with Crippen molar-refractivity contribution in [1.29, 1.82) is 5.26 Å². The summed E-state index contributed by atoms with van der Waals surface area (Å²) in [6, 6.07) is 20.3. The fourth-order valence-corrected chi connectivity index (χ4v) is 3.39. The van der Waals surface area contributed by atoms with Gasteiger partial charge in [-0.05, 0) is 47.0 Å². The number of benzene rings is 2. The van der Waals surface area contributed by atoms with E-state index in [0.717, 1.165) is 16.7 Å². The third-order valence-electron chi connectivity index (χ3n) is 5.03. The van der Waals surface area contributed by atoms with Gasteiger partial charge >= 0.3 is 0 Å². The van der Waals surface area contributed by atoms with Crippen molar-refractivity contribution in [3.63, 3.8) is 0 Å². The second-order valence-electron chi connectivity index (χ2n) is 7.49. The number of hydrogen-bond acceptors (Lipinski definition) is 5. The number of carbonyl (C=O) groups is 2. The van der Waals surface area contributed by atoms with Crippen molar-refractivity contribution in [3.05, 3.63) is 100 Å². The Morgan fingerprint density at radius 1 is 1.09 bits per heavy atom. The van der Waals surface area contributed by atoms with Crippen molar-refractivity contribution in [3.8, 4) is 23.0 Å². The molecule has 4 aromatic rings. The molecule has 168 valence electrons. The van der Waals surface area contributed by atoms with E-state index in [-0.39, 0.29) is 23.3 Å². The van der Waals surface area contributed by atoms with Crippen LogP contribution in [0.2, 0.25) is 0 Å². The molecule has 0 saturated heterocycles. The zero-order chi connectivity index (χ0) is 24.1. The van der Waals surface area contributed by atoms with Crippen LogP contribution < -0.4 is 16.2 Å². The van der Waals surface area contributed by atoms with E-state index in [1.165, 1.54) is 30.1 Å². The second-order valence-corrected chi connectivity index (χ2v) is 7.49. The summed E-state index contributed by atoms with van der Waals surface area (Å²) < 4.78 is 1.17. The van der Waals surface area contributed by atoms with Gasteiger partial charge in [0.2, 0.25) is 5.91 Å². The molecule has 34 heavy (non-hydrogen) atoms. The summed E-state index contributed by atoms with van der Waals surface area (Å²) in [5, 5.41) is 17.1. The Labute approximate surface area is 194 Å². The first kappa shape index (κ1) is 22.2. The van der Waals surface area contributed by atoms with Crippen LogP contribution in [-0.4, -0.2) is 26.6 Å². The molecule has 4 rings (SSSR count). The first-order valence-electron chi connectivity index (χ1n) is 10.4. The van der Waals surface area contributed by atoms with E-state index in [0.29, 0.717) is 17.7 Å². The topological polar surface area (TPSA) is 133 Å². The van der Waals surface area contributed by atoms with Gasteiger partial charge in [0.05, 0.1) is 17.2 Å². The van der Waals surface area contributed by atoms with Gasteiger partial charge < -0.3 is 10.6 Å². The maximum absolute atomic E-state index is 12.6. The van der Waals surface area contributed by atoms with Gasteiger partial charge in [-0.25, -0.2) is 4.98 Å². The van der Waals surface area contributed by atoms with Gasteiger partial charge in [-0.15, -0.1) is 0 Å². The number of H-pyrrole nitrogens is 1. The Bertz CT molecular complexity index is 1460. The lowest BCUT2D eigenvalue weighted by molar-refractivity contribution is -0.114. The van der Waals surface area contributed by atoms with Crippen LogP contribution in [0.5, 0.6) is 0 Å². The number of aromatic amines is 1. The molecule has 0 radical (unpaired) electrons. The summed E-state index contributed by atoms with van der Waals surface area (Å²) in [5.74, 6) is -0.386. The molecule has 9 nitrogen and oxygen atoms in total. The Hall–Kier alpha value is -4.97. The first-order valence-corrected chi connectivity index (χ1v) is 10.4. The normalized spacial score (nSPS) is 10.4. The minimum absolute atomic E-state index is 0.109. The van der Waals surface area contributed by atoms with Gasteiger partial charge in [0.1, 0.15) is 5.69 Å². The molecule has 0 aliphatic rings. The second kappa shape index (κ2) is 9.67. The van der Waals surface area contributed by atoms with Crippen molar-refractivity contribution in [2.45, 2.75) is 13.5 Å². The third-order valence-corrected chi connectivity index (χ3v) is 5.03. The first-order chi connectivity index (χ1) is 16.4. The number of amides is 2.